The van der Waals surface area contributed by atoms with Crippen LogP contribution in [0.25, 0.3) is 0 Å². The van der Waals surface area contributed by atoms with E-state index in [1.807, 2.05) is 28.3 Å². The Morgan fingerprint density at radius 1 is 0.844 bits per heavy atom. The summed E-state index contributed by atoms with van der Waals surface area (Å²) in [7, 11) is -10.8. The van der Waals surface area contributed by atoms with Crippen molar-refractivity contribution in [2.45, 2.75) is 197 Å². The molecule has 2 aliphatic rings. The molecule has 2 rings (SSSR count). The highest BCUT2D eigenvalue weighted by Gasteiger charge is 2.63. The van der Waals surface area contributed by atoms with E-state index in [9.17, 15) is 0 Å². The summed E-state index contributed by atoms with van der Waals surface area (Å²) in [5.41, 5.74) is 11.3. The number of hydrogen-bond acceptors (Lipinski definition) is 0. The highest BCUT2D eigenvalue weighted by atomic mass is 28.5. The fourth-order valence-corrected chi connectivity index (χ4v) is 172. The van der Waals surface area contributed by atoms with Crippen molar-refractivity contribution in [3.63, 3.8) is 0 Å². The number of fused-ring (bicyclic) bond motifs is 1. The summed E-state index contributed by atoms with van der Waals surface area (Å²) in [5, 5.41) is 0. The maximum absolute atomic E-state index is 3.15. The Labute approximate surface area is 305 Å². The smallest absolute Gasteiger partial charge is 0.0449 e. The van der Waals surface area contributed by atoms with Gasteiger partial charge in [0.2, 0.25) is 0 Å². The number of rotatable bonds is 15. The van der Waals surface area contributed by atoms with Crippen LogP contribution in [-0.4, -0.2) is 111 Å². The van der Waals surface area contributed by atoms with Gasteiger partial charge >= 0.3 is 0 Å². The van der Waals surface area contributed by atoms with E-state index in [0.717, 1.165) is 0 Å². The molecule has 2 heterocycles. The first-order chi connectivity index (χ1) is 20.3. The molecule has 2 fully saturated rings. The van der Waals surface area contributed by atoms with Gasteiger partial charge in [-0.1, -0.05) is 197 Å². The lowest BCUT2D eigenvalue weighted by Crippen LogP contribution is -2.71. The molecule has 2 saturated heterocycles. The van der Waals surface area contributed by atoms with Gasteiger partial charge < -0.3 is 0 Å². The first-order valence-corrected chi connectivity index (χ1v) is 58.0. The van der Waals surface area contributed by atoms with Gasteiger partial charge in [0, 0.05) is 111 Å². The predicted molar refractivity (Wildman–Crippen MR) is 256 cm³/mol. The lowest BCUT2D eigenvalue weighted by atomic mass is 11.0. The normalized spacial score (nSPS) is 35.5. The van der Waals surface area contributed by atoms with Crippen LogP contribution in [0, 0.1) is 0 Å². The zero-order valence-electron chi connectivity index (χ0n) is 35.1. The van der Waals surface area contributed by atoms with Gasteiger partial charge in [0.05, 0.1) is 0 Å². The van der Waals surface area contributed by atoms with Gasteiger partial charge in [-0.3, -0.25) is 0 Å². The van der Waals surface area contributed by atoms with Gasteiger partial charge in [0.15, 0.2) is 0 Å². The van der Waals surface area contributed by atoms with Crippen molar-refractivity contribution in [3.05, 3.63) is 0 Å². The predicted octanol–water partition coefficient (Wildman–Crippen LogP) is 9.48. The van der Waals surface area contributed by atoms with E-state index >= 15 is 0 Å². The van der Waals surface area contributed by atoms with E-state index in [1.165, 1.54) is 19.2 Å². The molecule has 45 heavy (non-hydrogen) atoms. The first kappa shape index (κ1) is 44.0. The Bertz CT molecular complexity index is 957. The minimum Gasteiger partial charge on any atom is -0.0750 e. The standard InChI is InChI=1S/C32H88Si13/c1-21-36(8)24-41(14,15)30-38(10)26-44(19)27-43(18,25-37(9)31(44)39(30)11)28-45(20,23-34(4)5)32(40(12,13)22-2)42(16,17)29(33-3)35(6)7/h29-32,34-39H,21-28,33H2,1-20H3. The lowest BCUT2D eigenvalue weighted by Gasteiger charge is -2.62. The minimum absolute atomic E-state index is 0.0859. The van der Waals surface area contributed by atoms with Gasteiger partial charge in [-0.25, -0.2) is 0 Å². The Hall–Kier alpha value is 2.82. The molecule has 0 N–H and O–H groups in total. The van der Waals surface area contributed by atoms with Crippen LogP contribution in [0.1, 0.15) is 13.8 Å². The van der Waals surface area contributed by atoms with Crippen LogP contribution in [0.5, 0.6) is 0 Å². The van der Waals surface area contributed by atoms with Gasteiger partial charge in [-0.2, -0.15) is 0 Å². The second-order valence-corrected chi connectivity index (χ2v) is 85.3. The van der Waals surface area contributed by atoms with Crippen LogP contribution in [0.2, 0.25) is 183 Å². The van der Waals surface area contributed by atoms with Crippen LogP contribution < -0.4 is 0 Å². The van der Waals surface area contributed by atoms with E-state index < -0.39 is 101 Å². The summed E-state index contributed by atoms with van der Waals surface area (Å²) in [6.45, 7) is 58.1. The van der Waals surface area contributed by atoms with Crippen molar-refractivity contribution in [1.29, 1.82) is 0 Å². The van der Waals surface area contributed by atoms with Crippen molar-refractivity contribution in [2.24, 2.45) is 0 Å². The van der Waals surface area contributed by atoms with Crippen molar-refractivity contribution < 1.29 is 0 Å². The largest absolute Gasteiger partial charge is 0.0750 e. The van der Waals surface area contributed by atoms with E-state index in [-0.39, 0.29) is 9.52 Å². The van der Waals surface area contributed by atoms with Crippen molar-refractivity contribution in [2.75, 3.05) is 0 Å². The number of hydrogen-bond donors (Lipinski definition) is 0. The highest BCUT2D eigenvalue weighted by Crippen LogP contribution is 2.57. The summed E-state index contributed by atoms with van der Waals surface area (Å²) in [6, 6.07) is 3.12. The Morgan fingerprint density at radius 2 is 1.40 bits per heavy atom. The summed E-state index contributed by atoms with van der Waals surface area (Å²) in [5.74, 6) is 0. The zero-order valence-corrected chi connectivity index (χ0v) is 49.5. The summed E-state index contributed by atoms with van der Waals surface area (Å²) in [6.07, 6.45) is 0. The van der Waals surface area contributed by atoms with Crippen LogP contribution in [-0.2, 0) is 0 Å². The zero-order chi connectivity index (χ0) is 35.1. The molecule has 11 unspecified atom stereocenters. The highest BCUT2D eigenvalue weighted by molar-refractivity contribution is 7.27. The van der Waals surface area contributed by atoms with Gasteiger partial charge in [-0.15, -0.1) is 0 Å². The molecule has 11 atom stereocenters. The molecular weight excluding hydrogens is 749 g/mol. The molecule has 0 bridgehead atoms. The van der Waals surface area contributed by atoms with E-state index in [0.29, 0.717) is 0 Å². The first-order valence-electron chi connectivity index (χ1n) is 20.3. The van der Waals surface area contributed by atoms with Crippen LogP contribution in [0.15, 0.2) is 0 Å². The lowest BCUT2D eigenvalue weighted by molar-refractivity contribution is 1.19. The summed E-state index contributed by atoms with van der Waals surface area (Å²) >= 11 is 0. The van der Waals surface area contributed by atoms with Crippen LogP contribution >= 0.6 is 0 Å². The summed E-state index contributed by atoms with van der Waals surface area (Å²) in [4.78, 5) is 5.44. The molecule has 0 aromatic heterocycles. The molecule has 0 nitrogen and oxygen atoms in total. The van der Waals surface area contributed by atoms with Crippen molar-refractivity contribution in [1.82, 2.24) is 0 Å². The Balaban J connectivity index is 2.60. The third-order valence-electron chi connectivity index (χ3n) is 15.1. The van der Waals surface area contributed by atoms with Gasteiger partial charge in [0.1, 0.15) is 0 Å². The van der Waals surface area contributed by atoms with Crippen LogP contribution in [0.3, 0.4) is 0 Å². The van der Waals surface area contributed by atoms with E-state index in [2.05, 4.69) is 132 Å². The average Bonchev–Trinajstić information content (AvgIpc) is 2.80. The molecule has 2 aliphatic heterocycles. The van der Waals surface area contributed by atoms with E-state index in [1.54, 1.807) is 17.8 Å². The molecule has 13 heteroatoms. The molecule has 0 radical (unpaired) electrons. The summed E-state index contributed by atoms with van der Waals surface area (Å²) < 4.78 is 0. The third kappa shape index (κ3) is 9.83. The molecule has 268 valence electrons. The minimum atomic E-state index is -1.37. The average molecular weight is 838 g/mol. The fourth-order valence-electron chi connectivity index (χ4n) is 15.8. The molecular formula is C32H88Si13. The maximum Gasteiger partial charge on any atom is 0.0449 e. The monoisotopic (exact) mass is 836 g/mol. The Kier molecular flexibility index (Phi) is 15.9. The topological polar surface area (TPSA) is 0 Å². The van der Waals surface area contributed by atoms with Crippen molar-refractivity contribution >= 4 is 111 Å². The van der Waals surface area contributed by atoms with Crippen LogP contribution in [0.4, 0.5) is 0 Å². The molecule has 0 aromatic carbocycles. The molecule has 0 aliphatic carbocycles. The molecule has 0 aromatic rings. The SMILES string of the molecule is CC[SiH](C)C[Si](C)(C)C1[SiH](C)C[Si]2(C)C[Si](C)(C[Si](C)(C[SiH](C)C)C([Si](C)(C)CC)[Si](C)(C)C([SiH2]C)[SiH](C)C)C[SiH](C)C2[SiH]1C. The fraction of sp³-hybridized carbons (Fsp3) is 1.00. The third-order valence-corrected chi connectivity index (χ3v) is 126. The maximum atomic E-state index is 3.15. The van der Waals surface area contributed by atoms with Gasteiger partial charge in [-0.05, 0) is 0 Å². The van der Waals surface area contributed by atoms with Gasteiger partial charge in [0.25, 0.3) is 0 Å². The Morgan fingerprint density at radius 3 is 1.84 bits per heavy atom. The van der Waals surface area contributed by atoms with E-state index in [4.69, 9.17) is 0 Å². The molecule has 0 spiro atoms. The second-order valence-electron chi connectivity index (χ2n) is 21.9. The molecule has 0 saturated carbocycles. The molecule has 0 amide bonds. The van der Waals surface area contributed by atoms with Crippen molar-refractivity contribution in [3.8, 4) is 0 Å². The second kappa shape index (κ2) is 16.2. The quantitative estimate of drug-likeness (QED) is 0.144.